The number of Topliss-reactive ketones (excluding diaryl/α,β-unsaturated/α-hetero) is 1. The van der Waals surface area contributed by atoms with Gasteiger partial charge in [-0.3, -0.25) is 9.59 Å². The Labute approximate surface area is 222 Å². The molecule has 37 heavy (non-hydrogen) atoms. The minimum absolute atomic E-state index is 0.0334. The van der Waals surface area contributed by atoms with Crippen LogP contribution in [0.1, 0.15) is 77.1 Å². The molecule has 0 heterocycles. The van der Waals surface area contributed by atoms with E-state index in [-0.39, 0.29) is 23.4 Å². The Morgan fingerprint density at radius 2 is 1.84 bits per heavy atom. The van der Waals surface area contributed by atoms with Crippen molar-refractivity contribution in [2.75, 3.05) is 19.0 Å². The monoisotopic (exact) mass is 504 g/mol. The summed E-state index contributed by atoms with van der Waals surface area (Å²) in [6, 6.07) is 2.23. The van der Waals surface area contributed by atoms with Gasteiger partial charge < -0.3 is 15.7 Å². The van der Waals surface area contributed by atoms with Gasteiger partial charge in [-0.1, -0.05) is 46.8 Å². The van der Waals surface area contributed by atoms with Gasteiger partial charge in [-0.25, -0.2) is 0 Å². The molecule has 1 aromatic carbocycles. The maximum Gasteiger partial charge on any atom is 0.248 e. The number of carbonyl (C=O) groups is 2. The maximum absolute atomic E-state index is 14.8. The zero-order valence-corrected chi connectivity index (χ0v) is 24.3. The summed E-state index contributed by atoms with van der Waals surface area (Å²) in [6.45, 7) is 21.0. The van der Waals surface area contributed by atoms with Gasteiger partial charge in [0.25, 0.3) is 0 Å². The van der Waals surface area contributed by atoms with Crippen LogP contribution in [0.2, 0.25) is 0 Å². The molecule has 5 nitrogen and oxygen atoms in total. The molecule has 1 fully saturated rings. The SMILES string of the molecule is C=C1C(C(N)=O)=C(C)[C@@H](C(C)C)[C@]2(C)C[C@]3(C)Cc4c(N(C)C)cc(CC)c(C)c4C(O)=C3C(=O)[C@]12C. The topological polar surface area (TPSA) is 83.6 Å². The van der Waals surface area contributed by atoms with E-state index in [1.54, 1.807) is 0 Å². The molecule has 1 saturated carbocycles. The number of hydrogen-bond donors (Lipinski definition) is 2. The molecule has 0 spiro atoms. The summed E-state index contributed by atoms with van der Waals surface area (Å²) in [4.78, 5) is 29.6. The number of primary amides is 1. The van der Waals surface area contributed by atoms with Gasteiger partial charge in [0.05, 0.1) is 5.41 Å². The lowest BCUT2D eigenvalue weighted by Crippen LogP contribution is -2.62. The first-order chi connectivity index (χ1) is 17.0. The molecule has 4 atom stereocenters. The number of anilines is 1. The van der Waals surface area contributed by atoms with Crippen molar-refractivity contribution in [3.05, 3.63) is 57.2 Å². The van der Waals surface area contributed by atoms with E-state index in [1.165, 1.54) is 0 Å². The summed E-state index contributed by atoms with van der Waals surface area (Å²) >= 11 is 0. The summed E-state index contributed by atoms with van der Waals surface area (Å²) in [6.07, 6.45) is 2.19. The van der Waals surface area contributed by atoms with Crippen LogP contribution in [0.15, 0.2) is 34.9 Å². The third-order valence-electron chi connectivity index (χ3n) is 10.2. The van der Waals surface area contributed by atoms with Crippen molar-refractivity contribution >= 4 is 23.1 Å². The Bertz CT molecular complexity index is 1310. The number of carbonyl (C=O) groups excluding carboxylic acids is 2. The Balaban J connectivity index is 2.10. The van der Waals surface area contributed by atoms with E-state index in [1.807, 2.05) is 34.9 Å². The van der Waals surface area contributed by atoms with E-state index in [0.717, 1.165) is 39.9 Å². The lowest BCUT2D eigenvalue weighted by molar-refractivity contribution is -0.141. The quantitative estimate of drug-likeness (QED) is 0.520. The molecule has 0 aromatic heterocycles. The number of aliphatic hydroxyl groups excluding tert-OH is 1. The molecular formula is C32H44N2O3. The van der Waals surface area contributed by atoms with Crippen molar-refractivity contribution in [3.8, 4) is 0 Å². The fourth-order valence-electron chi connectivity index (χ4n) is 8.66. The minimum atomic E-state index is -1.06. The van der Waals surface area contributed by atoms with E-state index >= 15 is 0 Å². The number of aryl methyl sites for hydroxylation is 1. The third-order valence-corrected chi connectivity index (χ3v) is 10.2. The fourth-order valence-corrected chi connectivity index (χ4v) is 8.66. The van der Waals surface area contributed by atoms with Crippen molar-refractivity contribution < 1.29 is 14.7 Å². The molecule has 1 amide bonds. The summed E-state index contributed by atoms with van der Waals surface area (Å²) in [7, 11) is 4.07. The highest BCUT2D eigenvalue weighted by atomic mass is 16.3. The molecule has 0 radical (unpaired) electrons. The molecule has 3 aliphatic rings. The van der Waals surface area contributed by atoms with Crippen LogP contribution in [0.5, 0.6) is 0 Å². The van der Waals surface area contributed by atoms with E-state index < -0.39 is 22.2 Å². The summed E-state index contributed by atoms with van der Waals surface area (Å²) in [5.41, 5.74) is 11.2. The first kappa shape index (κ1) is 27.2. The number of rotatable bonds is 4. The zero-order valence-electron chi connectivity index (χ0n) is 24.3. The number of benzene rings is 1. The number of nitrogens with zero attached hydrogens (tertiary/aromatic N) is 1. The molecule has 0 saturated heterocycles. The molecule has 1 aromatic rings. The summed E-state index contributed by atoms with van der Waals surface area (Å²) in [5, 5.41) is 12.0. The van der Waals surface area contributed by atoms with Crippen LogP contribution in [-0.2, 0) is 22.4 Å². The van der Waals surface area contributed by atoms with Crippen LogP contribution in [-0.4, -0.2) is 30.9 Å². The molecule has 0 bridgehead atoms. The largest absolute Gasteiger partial charge is 0.507 e. The van der Waals surface area contributed by atoms with Crippen molar-refractivity contribution in [2.24, 2.45) is 33.8 Å². The summed E-state index contributed by atoms with van der Waals surface area (Å²) in [5.74, 6) is -0.419. The first-order valence-electron chi connectivity index (χ1n) is 13.5. The minimum Gasteiger partial charge on any atom is -0.507 e. The summed E-state index contributed by atoms with van der Waals surface area (Å²) < 4.78 is 0. The number of nitrogens with two attached hydrogens (primary N) is 1. The van der Waals surface area contributed by atoms with Crippen molar-refractivity contribution in [1.29, 1.82) is 0 Å². The molecule has 4 rings (SSSR count). The zero-order chi connectivity index (χ0) is 28.0. The normalized spacial score (nSPS) is 31.4. The van der Waals surface area contributed by atoms with Gasteiger partial charge in [0, 0.05) is 41.9 Å². The van der Waals surface area contributed by atoms with Crippen LogP contribution in [0, 0.1) is 35.0 Å². The number of aliphatic hydroxyl groups is 1. The average molecular weight is 505 g/mol. The molecule has 3 N–H and O–H groups in total. The molecule has 200 valence electrons. The van der Waals surface area contributed by atoms with Crippen molar-refractivity contribution in [1.82, 2.24) is 0 Å². The average Bonchev–Trinajstić information content (AvgIpc) is 2.75. The Morgan fingerprint density at radius 1 is 1.24 bits per heavy atom. The number of allylic oxidation sites excluding steroid dienone is 2. The van der Waals surface area contributed by atoms with Crippen LogP contribution >= 0.6 is 0 Å². The predicted molar refractivity (Wildman–Crippen MR) is 151 cm³/mol. The fraction of sp³-hybridized carbons (Fsp3) is 0.562. The number of amides is 1. The van der Waals surface area contributed by atoms with Gasteiger partial charge in [-0.2, -0.15) is 0 Å². The lowest BCUT2D eigenvalue weighted by Gasteiger charge is -2.63. The standard InChI is InChI=1S/C32H44N2O3/c1-12-20-13-22(34(10)11)21-14-30(7)15-31(8)25(16(2)3)18(5)23(29(33)37)19(6)32(31,9)28(36)26(30)27(35)24(21)17(20)4/h13,16,25,35H,6,12,14-15H2,1-5,7-11H3,(H2,33,37)/t25-,30+,31+,32+/m1/s1. The molecule has 0 unspecified atom stereocenters. The molecular weight excluding hydrogens is 460 g/mol. The third kappa shape index (κ3) is 3.28. The van der Waals surface area contributed by atoms with Crippen molar-refractivity contribution in [3.63, 3.8) is 0 Å². The van der Waals surface area contributed by atoms with E-state index in [0.29, 0.717) is 29.6 Å². The van der Waals surface area contributed by atoms with Crippen LogP contribution in [0.4, 0.5) is 5.69 Å². The highest BCUT2D eigenvalue weighted by Crippen LogP contribution is 2.70. The second-order valence-electron chi connectivity index (χ2n) is 12.9. The lowest BCUT2D eigenvalue weighted by atomic mass is 9.38. The first-order valence-corrected chi connectivity index (χ1v) is 13.5. The Morgan fingerprint density at radius 3 is 2.32 bits per heavy atom. The van der Waals surface area contributed by atoms with Crippen LogP contribution in [0.25, 0.3) is 5.76 Å². The van der Waals surface area contributed by atoms with Crippen LogP contribution in [0.3, 0.4) is 0 Å². The van der Waals surface area contributed by atoms with E-state index in [9.17, 15) is 14.7 Å². The predicted octanol–water partition coefficient (Wildman–Crippen LogP) is 6.08. The van der Waals surface area contributed by atoms with Crippen molar-refractivity contribution in [2.45, 2.75) is 74.7 Å². The molecule has 3 aliphatic carbocycles. The second kappa shape index (κ2) is 8.34. The number of hydrogen-bond acceptors (Lipinski definition) is 4. The molecule has 0 aliphatic heterocycles. The highest BCUT2D eigenvalue weighted by molar-refractivity contribution is 6.13. The molecule has 5 heteroatoms. The Hall–Kier alpha value is -2.82. The van der Waals surface area contributed by atoms with E-state index in [4.69, 9.17) is 5.73 Å². The van der Waals surface area contributed by atoms with Gasteiger partial charge in [-0.15, -0.1) is 0 Å². The Kier molecular flexibility index (Phi) is 6.14. The number of ketones is 1. The van der Waals surface area contributed by atoms with Gasteiger partial charge in [-0.05, 0) is 85.6 Å². The second-order valence-corrected chi connectivity index (χ2v) is 12.9. The highest BCUT2D eigenvalue weighted by Gasteiger charge is 2.67. The van der Waals surface area contributed by atoms with Gasteiger partial charge >= 0.3 is 0 Å². The smallest absolute Gasteiger partial charge is 0.248 e. The van der Waals surface area contributed by atoms with Crippen LogP contribution < -0.4 is 10.6 Å². The number of fused-ring (bicyclic) bond motifs is 3. The van der Waals surface area contributed by atoms with Gasteiger partial charge in [0.2, 0.25) is 5.91 Å². The van der Waals surface area contributed by atoms with Gasteiger partial charge in [0.1, 0.15) is 5.76 Å². The van der Waals surface area contributed by atoms with E-state index in [2.05, 4.69) is 52.2 Å². The van der Waals surface area contributed by atoms with Gasteiger partial charge in [0.15, 0.2) is 5.78 Å². The maximum atomic E-state index is 14.8.